The first-order valence-corrected chi connectivity index (χ1v) is 6.39. The van der Waals surface area contributed by atoms with Crippen LogP contribution in [0.1, 0.15) is 0 Å². The van der Waals surface area contributed by atoms with Crippen molar-refractivity contribution >= 4 is 111 Å². The van der Waals surface area contributed by atoms with Crippen molar-refractivity contribution in [2.24, 2.45) is 0 Å². The van der Waals surface area contributed by atoms with Crippen LogP contribution in [0.2, 0.25) is 0 Å². The molecule has 0 unspecified atom stereocenters. The van der Waals surface area contributed by atoms with E-state index in [9.17, 15) is 4.79 Å². The van der Waals surface area contributed by atoms with E-state index in [-0.39, 0.29) is 0 Å². The van der Waals surface area contributed by atoms with Crippen LogP contribution in [-0.2, 0) is 9.47 Å². The Morgan fingerprint density at radius 3 is 1.12 bits per heavy atom. The smallest absolute Gasteiger partial charge is 0.382 e. The highest BCUT2D eigenvalue weighted by Crippen LogP contribution is 2.32. The molecule has 3 nitrogen and oxygen atoms in total. The van der Waals surface area contributed by atoms with E-state index in [4.69, 9.17) is 104 Å². The van der Waals surface area contributed by atoms with E-state index in [1.54, 1.807) is 0 Å². The molecule has 0 rings (SSSR count). The van der Waals surface area contributed by atoms with Crippen molar-refractivity contribution in [1.82, 2.24) is 0 Å². The Labute approximate surface area is 136 Å². The molecule has 0 fully saturated rings. The number of hydrogen-bond donors (Lipinski definition) is 0. The number of alkyl halides is 9. The van der Waals surface area contributed by atoms with Crippen LogP contribution in [0.5, 0.6) is 0 Å². The van der Waals surface area contributed by atoms with Gasteiger partial charge in [-0.25, -0.2) is 4.79 Å². The molecule has 12 heteroatoms. The third-order valence-electron chi connectivity index (χ3n) is 0.398. The van der Waals surface area contributed by atoms with Crippen molar-refractivity contribution in [3.63, 3.8) is 0 Å². The second kappa shape index (κ2) is 8.89. The van der Waals surface area contributed by atoms with E-state index in [1.165, 1.54) is 0 Å². The number of carbonyl (C=O) groups is 1. The van der Waals surface area contributed by atoms with Gasteiger partial charge in [0.15, 0.2) is 4.30 Å². The molecule has 0 bridgehead atoms. The highest BCUT2D eigenvalue weighted by Gasteiger charge is 2.32. The number of hydrogen-bond acceptors (Lipinski definition) is 3. The third kappa shape index (κ3) is 24.9. The van der Waals surface area contributed by atoms with Crippen molar-refractivity contribution in [2.45, 2.75) is 12.3 Å². The van der Waals surface area contributed by atoms with E-state index >= 15 is 0 Å². The first kappa shape index (κ1) is 20.2. The Morgan fingerprint density at radius 2 is 1.00 bits per heavy atom. The minimum absolute atomic E-state index is 0.750. The zero-order chi connectivity index (χ0) is 13.6. The first-order valence-electron chi connectivity index (χ1n) is 2.81. The number of rotatable bonds is 0. The Bertz CT molecular complexity index is 185. The van der Waals surface area contributed by atoms with Gasteiger partial charge in [0, 0.05) is 0 Å². The number of halogens is 9. The summed E-state index contributed by atoms with van der Waals surface area (Å²) < 4.78 is 2.75. The molecule has 0 saturated carbocycles. The standard InChI is InChI=1S/C3Cl6O3.CHCl3/c4-2(5,6)11-1(10)12-3(7,8)9;2-1(3)4/h;1H. The van der Waals surface area contributed by atoms with Crippen molar-refractivity contribution in [2.75, 3.05) is 0 Å². The molecular weight excluding hydrogens is 415 g/mol. The lowest BCUT2D eigenvalue weighted by Gasteiger charge is -2.15. The first-order chi connectivity index (χ1) is 6.83. The second-order valence-electron chi connectivity index (χ2n) is 1.59. The van der Waals surface area contributed by atoms with Gasteiger partial charge in [0.2, 0.25) is 0 Å². The van der Waals surface area contributed by atoms with E-state index < -0.39 is 18.4 Å². The molecule has 0 amide bonds. The molecule has 0 aromatic rings. The van der Waals surface area contributed by atoms with Gasteiger partial charge in [0.05, 0.1) is 0 Å². The molecule has 0 saturated heterocycles. The number of carbonyl (C=O) groups excluding carboxylic acids is 1. The van der Waals surface area contributed by atoms with Crippen LogP contribution in [0, 0.1) is 0 Å². The molecule has 16 heavy (non-hydrogen) atoms. The fourth-order valence-electron chi connectivity index (χ4n) is 0.210. The van der Waals surface area contributed by atoms with Crippen LogP contribution < -0.4 is 0 Å². The molecule has 98 valence electrons. The minimum Gasteiger partial charge on any atom is -0.382 e. The molecule has 0 aliphatic rings. The topological polar surface area (TPSA) is 35.5 Å². The largest absolute Gasteiger partial charge is 0.515 e. The third-order valence-corrected chi connectivity index (χ3v) is 0.861. The average molecular weight is 416 g/mol. The Balaban J connectivity index is 0. The minimum atomic E-state index is -2.24. The van der Waals surface area contributed by atoms with Gasteiger partial charge in [-0.3, -0.25) is 0 Å². The summed E-state index contributed by atoms with van der Waals surface area (Å²) in [7, 11) is 0. The van der Waals surface area contributed by atoms with Crippen LogP contribution >= 0.6 is 104 Å². The van der Waals surface area contributed by atoms with Gasteiger partial charge in [0.25, 0.3) is 0 Å². The van der Waals surface area contributed by atoms with Crippen molar-refractivity contribution in [1.29, 1.82) is 0 Å². The van der Waals surface area contributed by atoms with E-state index in [0.717, 1.165) is 0 Å². The zero-order valence-corrected chi connectivity index (χ0v) is 13.5. The molecular formula is C4HCl9O3. The Morgan fingerprint density at radius 1 is 0.812 bits per heavy atom. The van der Waals surface area contributed by atoms with Crippen LogP contribution in [0.25, 0.3) is 0 Å². The van der Waals surface area contributed by atoms with Gasteiger partial charge in [-0.05, 0) is 69.6 Å². The summed E-state index contributed by atoms with van der Waals surface area (Å²) in [5.74, 6) is 0. The van der Waals surface area contributed by atoms with Gasteiger partial charge in [-0.1, -0.05) is 34.8 Å². The normalized spacial score (nSPS) is 11.6. The summed E-state index contributed by atoms with van der Waals surface area (Å²) in [5.41, 5.74) is 0. The van der Waals surface area contributed by atoms with Gasteiger partial charge in [-0.15, -0.1) is 0 Å². The van der Waals surface area contributed by atoms with Crippen LogP contribution in [-0.4, -0.2) is 18.4 Å². The maximum Gasteiger partial charge on any atom is 0.515 e. The quantitative estimate of drug-likeness (QED) is 0.371. The maximum absolute atomic E-state index is 10.5. The lowest BCUT2D eigenvalue weighted by molar-refractivity contribution is 0.0508. The molecule has 0 N–H and O–H groups in total. The molecule has 0 heterocycles. The highest BCUT2D eigenvalue weighted by molar-refractivity contribution is 6.67. The van der Waals surface area contributed by atoms with E-state index in [0.29, 0.717) is 0 Å². The Hall–Kier alpha value is 1.88. The summed E-state index contributed by atoms with van der Waals surface area (Å²) in [6.45, 7) is 0. The van der Waals surface area contributed by atoms with E-state index in [1.807, 2.05) is 0 Å². The van der Waals surface area contributed by atoms with Gasteiger partial charge in [-0.2, -0.15) is 0 Å². The predicted molar refractivity (Wildman–Crippen MR) is 69.5 cm³/mol. The molecule has 0 aliphatic carbocycles. The number of ether oxygens (including phenoxy) is 2. The summed E-state index contributed by atoms with van der Waals surface area (Å²) in [4.78, 5) is 10.5. The fraction of sp³-hybridized carbons (Fsp3) is 0.750. The van der Waals surface area contributed by atoms with Crippen LogP contribution in [0.4, 0.5) is 4.79 Å². The van der Waals surface area contributed by atoms with Crippen LogP contribution in [0.3, 0.4) is 0 Å². The lowest BCUT2D eigenvalue weighted by Crippen LogP contribution is -2.22. The summed E-state index contributed by atoms with van der Waals surface area (Å²) in [6, 6.07) is 0. The predicted octanol–water partition coefficient (Wildman–Crippen LogP) is 5.78. The zero-order valence-electron chi connectivity index (χ0n) is 6.70. The average Bonchev–Trinajstić information content (AvgIpc) is 1.72. The second-order valence-corrected chi connectivity index (χ2v) is 7.93. The van der Waals surface area contributed by atoms with Gasteiger partial charge in [0.1, 0.15) is 0 Å². The fourth-order valence-corrected chi connectivity index (χ4v) is 0.588. The molecule has 0 aromatic heterocycles. The lowest BCUT2D eigenvalue weighted by atomic mass is 11.3. The van der Waals surface area contributed by atoms with Gasteiger partial charge < -0.3 is 9.47 Å². The van der Waals surface area contributed by atoms with Crippen molar-refractivity contribution in [3.8, 4) is 0 Å². The highest BCUT2D eigenvalue weighted by atomic mass is 35.6. The van der Waals surface area contributed by atoms with Crippen molar-refractivity contribution < 1.29 is 14.3 Å². The summed E-state index contributed by atoms with van der Waals surface area (Å²) in [5, 5.41) is 0. The molecule has 0 radical (unpaired) electrons. The monoisotopic (exact) mass is 412 g/mol. The Kier molecular flexibility index (Phi) is 11.2. The maximum atomic E-state index is 10.5. The van der Waals surface area contributed by atoms with Gasteiger partial charge >= 0.3 is 14.1 Å². The molecule has 0 aromatic carbocycles. The summed E-state index contributed by atoms with van der Waals surface area (Å²) in [6.07, 6.45) is -1.41. The van der Waals surface area contributed by atoms with E-state index in [2.05, 4.69) is 9.47 Å². The van der Waals surface area contributed by atoms with Crippen LogP contribution in [0.15, 0.2) is 0 Å². The summed E-state index contributed by atoms with van der Waals surface area (Å²) >= 11 is 44.6. The molecule has 0 atom stereocenters. The van der Waals surface area contributed by atoms with Crippen molar-refractivity contribution in [3.05, 3.63) is 0 Å². The molecule has 0 spiro atoms. The molecule has 0 aliphatic heterocycles. The SMILES string of the molecule is ClC(Cl)Cl.O=C(OC(Cl)(Cl)Cl)OC(Cl)(Cl)Cl.